The molecular formula is C23H26F3N3O4. The van der Waals surface area contributed by atoms with E-state index in [1.807, 2.05) is 19.1 Å². The van der Waals surface area contributed by atoms with Crippen LogP contribution in [0, 0.1) is 6.92 Å². The SMILES string of the molecule is Cc1ccc2c(c1)C(NC(=O)c1ccc(C(F)(F)F)[nH]c1=O)CC(C)N2C(=O)OC(C)(C)C. The summed E-state index contributed by atoms with van der Waals surface area (Å²) in [5, 5.41) is 2.74. The summed E-state index contributed by atoms with van der Waals surface area (Å²) >= 11 is 0. The summed E-state index contributed by atoms with van der Waals surface area (Å²) in [6, 6.07) is 5.99. The first-order valence-electron chi connectivity index (χ1n) is 10.4. The molecule has 178 valence electrons. The lowest BCUT2D eigenvalue weighted by molar-refractivity contribution is -0.141. The lowest BCUT2D eigenvalue weighted by Crippen LogP contribution is -2.48. The van der Waals surface area contributed by atoms with Crippen LogP contribution in [-0.2, 0) is 10.9 Å². The predicted octanol–water partition coefficient (Wildman–Crippen LogP) is 4.71. The van der Waals surface area contributed by atoms with Crippen molar-refractivity contribution in [2.75, 3.05) is 4.90 Å². The van der Waals surface area contributed by atoms with Gasteiger partial charge in [-0.1, -0.05) is 17.7 Å². The zero-order valence-electron chi connectivity index (χ0n) is 19.0. The van der Waals surface area contributed by atoms with Crippen molar-refractivity contribution in [1.29, 1.82) is 0 Å². The zero-order chi connectivity index (χ0) is 24.7. The highest BCUT2D eigenvalue weighted by atomic mass is 19.4. The van der Waals surface area contributed by atoms with Crippen LogP contribution in [0.25, 0.3) is 0 Å². The second-order valence-corrected chi connectivity index (χ2v) is 9.14. The summed E-state index contributed by atoms with van der Waals surface area (Å²) in [5.41, 5.74) is -1.40. The van der Waals surface area contributed by atoms with Crippen LogP contribution in [0.4, 0.5) is 23.7 Å². The Hall–Kier alpha value is -3.30. The number of hydrogen-bond acceptors (Lipinski definition) is 4. The van der Waals surface area contributed by atoms with Crippen LogP contribution in [0.3, 0.4) is 0 Å². The fourth-order valence-corrected chi connectivity index (χ4v) is 3.76. The number of rotatable bonds is 2. The van der Waals surface area contributed by atoms with Gasteiger partial charge in [-0.2, -0.15) is 13.2 Å². The minimum absolute atomic E-state index is 0.319. The number of anilines is 1. The molecule has 0 radical (unpaired) electrons. The molecule has 0 spiro atoms. The number of alkyl halides is 3. The summed E-state index contributed by atoms with van der Waals surface area (Å²) in [7, 11) is 0. The maximum absolute atomic E-state index is 12.9. The quantitative estimate of drug-likeness (QED) is 0.672. The number of carbonyl (C=O) groups excluding carboxylic acids is 2. The van der Waals surface area contributed by atoms with Gasteiger partial charge in [-0.25, -0.2) is 4.79 Å². The van der Waals surface area contributed by atoms with Crippen molar-refractivity contribution < 1.29 is 27.5 Å². The number of aryl methyl sites for hydroxylation is 1. The largest absolute Gasteiger partial charge is 0.443 e. The third kappa shape index (κ3) is 5.37. The van der Waals surface area contributed by atoms with E-state index >= 15 is 0 Å². The molecule has 2 amide bonds. The first-order valence-corrected chi connectivity index (χ1v) is 10.4. The summed E-state index contributed by atoms with van der Waals surface area (Å²) in [6.45, 7) is 8.95. The predicted molar refractivity (Wildman–Crippen MR) is 116 cm³/mol. The molecule has 1 aliphatic heterocycles. The van der Waals surface area contributed by atoms with E-state index in [9.17, 15) is 27.6 Å². The molecule has 0 fully saturated rings. The van der Waals surface area contributed by atoms with E-state index in [4.69, 9.17) is 4.74 Å². The molecule has 0 aliphatic carbocycles. The molecule has 2 heterocycles. The smallest absolute Gasteiger partial charge is 0.431 e. The standard InChI is InChI=1S/C23H26F3N3O4/c1-12-6-8-17-15(10-12)16(11-13(2)29(17)21(32)33-22(3,4)5)27-19(30)14-7-9-18(23(24,25)26)28-20(14)31/h6-10,13,16H,11H2,1-5H3,(H,27,30)(H,28,31). The fourth-order valence-electron chi connectivity index (χ4n) is 3.76. The molecule has 3 rings (SSSR count). The minimum Gasteiger partial charge on any atom is -0.443 e. The van der Waals surface area contributed by atoms with Crippen molar-refractivity contribution in [2.45, 2.75) is 64.9 Å². The number of halogens is 3. The lowest BCUT2D eigenvalue weighted by atomic mass is 9.90. The number of pyridine rings is 1. The Bertz CT molecular complexity index is 1130. The van der Waals surface area contributed by atoms with E-state index in [1.165, 1.54) is 4.90 Å². The van der Waals surface area contributed by atoms with Gasteiger partial charge in [0.2, 0.25) is 0 Å². The van der Waals surface area contributed by atoms with Crippen molar-refractivity contribution in [3.05, 3.63) is 63.1 Å². The van der Waals surface area contributed by atoms with Crippen LogP contribution >= 0.6 is 0 Å². The number of ether oxygens (including phenoxy) is 1. The molecule has 2 N–H and O–H groups in total. The topological polar surface area (TPSA) is 91.5 Å². The molecule has 2 aromatic rings. The number of hydrogen-bond donors (Lipinski definition) is 2. The van der Waals surface area contributed by atoms with Crippen molar-refractivity contribution in [3.63, 3.8) is 0 Å². The van der Waals surface area contributed by atoms with Gasteiger partial charge >= 0.3 is 12.3 Å². The van der Waals surface area contributed by atoms with Crippen LogP contribution in [0.15, 0.2) is 35.1 Å². The van der Waals surface area contributed by atoms with Crippen molar-refractivity contribution in [3.8, 4) is 0 Å². The zero-order valence-corrected chi connectivity index (χ0v) is 19.0. The molecule has 0 saturated carbocycles. The Morgan fingerprint density at radius 2 is 1.82 bits per heavy atom. The molecule has 1 aliphatic rings. The number of nitrogens with one attached hydrogen (secondary N) is 2. The number of fused-ring (bicyclic) bond motifs is 1. The summed E-state index contributed by atoms with van der Waals surface area (Å²) in [6.07, 6.45) is -4.93. The Morgan fingerprint density at radius 3 is 2.39 bits per heavy atom. The summed E-state index contributed by atoms with van der Waals surface area (Å²) < 4.78 is 44.0. The maximum atomic E-state index is 12.9. The van der Waals surface area contributed by atoms with Crippen molar-refractivity contribution >= 4 is 17.7 Å². The summed E-state index contributed by atoms with van der Waals surface area (Å²) in [5.74, 6) is -0.805. The van der Waals surface area contributed by atoms with Crippen LogP contribution in [0.2, 0.25) is 0 Å². The average molecular weight is 465 g/mol. The highest BCUT2D eigenvalue weighted by molar-refractivity contribution is 5.95. The second kappa shape index (κ2) is 8.57. The van der Waals surface area contributed by atoms with Crippen molar-refractivity contribution in [2.24, 2.45) is 0 Å². The Balaban J connectivity index is 1.92. The highest BCUT2D eigenvalue weighted by Gasteiger charge is 2.37. The molecular weight excluding hydrogens is 439 g/mol. The molecule has 33 heavy (non-hydrogen) atoms. The van der Waals surface area contributed by atoms with Gasteiger partial charge in [0.1, 0.15) is 16.9 Å². The van der Waals surface area contributed by atoms with Gasteiger partial charge in [0.25, 0.3) is 11.5 Å². The number of H-pyrrole nitrogens is 1. The van der Waals surface area contributed by atoms with E-state index in [0.717, 1.165) is 11.6 Å². The molecule has 1 aromatic heterocycles. The highest BCUT2D eigenvalue weighted by Crippen LogP contribution is 2.38. The van der Waals surface area contributed by atoms with Gasteiger partial charge in [-0.15, -0.1) is 0 Å². The molecule has 2 unspecified atom stereocenters. The third-order valence-corrected chi connectivity index (χ3v) is 5.19. The Kier molecular flexibility index (Phi) is 6.32. The minimum atomic E-state index is -4.73. The Morgan fingerprint density at radius 1 is 1.15 bits per heavy atom. The Labute approximate surface area is 188 Å². The number of nitrogens with zero attached hydrogens (tertiary/aromatic N) is 1. The normalized spacial score (nSPS) is 18.5. The van der Waals surface area contributed by atoms with Gasteiger partial charge in [-0.05, 0) is 64.8 Å². The van der Waals surface area contributed by atoms with E-state index in [-0.39, 0.29) is 6.04 Å². The van der Waals surface area contributed by atoms with E-state index in [1.54, 1.807) is 38.7 Å². The van der Waals surface area contributed by atoms with Crippen LogP contribution in [-0.4, -0.2) is 28.6 Å². The fraction of sp³-hybridized carbons (Fsp3) is 0.435. The number of carbonyl (C=O) groups is 2. The first kappa shape index (κ1) is 24.3. The van der Waals surface area contributed by atoms with Crippen LogP contribution < -0.4 is 15.8 Å². The molecule has 2 atom stereocenters. The van der Waals surface area contributed by atoms with Crippen LogP contribution in [0.1, 0.15) is 67.3 Å². The summed E-state index contributed by atoms with van der Waals surface area (Å²) in [4.78, 5) is 41.0. The van der Waals surface area contributed by atoms with E-state index in [0.29, 0.717) is 23.7 Å². The van der Waals surface area contributed by atoms with Gasteiger partial charge in [0, 0.05) is 6.04 Å². The van der Waals surface area contributed by atoms with E-state index < -0.39 is 46.6 Å². The number of amides is 2. The van der Waals surface area contributed by atoms with Gasteiger partial charge in [0.05, 0.1) is 11.7 Å². The lowest BCUT2D eigenvalue weighted by Gasteiger charge is -2.40. The first-order chi connectivity index (χ1) is 15.2. The van der Waals surface area contributed by atoms with E-state index in [2.05, 4.69) is 5.32 Å². The molecule has 7 nitrogen and oxygen atoms in total. The average Bonchev–Trinajstić information content (AvgIpc) is 2.66. The molecule has 1 aromatic carbocycles. The second-order valence-electron chi connectivity index (χ2n) is 9.14. The van der Waals surface area contributed by atoms with Gasteiger partial charge in [0.15, 0.2) is 0 Å². The van der Waals surface area contributed by atoms with Crippen molar-refractivity contribution in [1.82, 2.24) is 10.3 Å². The molecule has 0 bridgehead atoms. The molecule has 0 saturated heterocycles. The number of aromatic nitrogens is 1. The van der Waals surface area contributed by atoms with Crippen LogP contribution in [0.5, 0.6) is 0 Å². The van der Waals surface area contributed by atoms with Gasteiger partial charge < -0.3 is 15.0 Å². The van der Waals surface area contributed by atoms with Gasteiger partial charge in [-0.3, -0.25) is 14.5 Å². The molecule has 10 heteroatoms. The number of aromatic amines is 1. The third-order valence-electron chi connectivity index (χ3n) is 5.19. The number of benzene rings is 1. The maximum Gasteiger partial charge on any atom is 0.431 e. The monoisotopic (exact) mass is 465 g/mol.